The zero-order valence-electron chi connectivity index (χ0n) is 33.8. The van der Waals surface area contributed by atoms with Gasteiger partial charge in [0.05, 0.1) is 5.41 Å². The second-order valence-electron chi connectivity index (χ2n) is 16.2. The van der Waals surface area contributed by atoms with Gasteiger partial charge in [-0.2, -0.15) is 0 Å². The molecule has 2 heterocycles. The van der Waals surface area contributed by atoms with E-state index in [2.05, 4.69) is 159 Å². The first kappa shape index (κ1) is 35.3. The highest BCUT2D eigenvalue weighted by Crippen LogP contribution is 2.65. The summed E-state index contributed by atoms with van der Waals surface area (Å²) < 4.78 is 6.28. The summed E-state index contributed by atoms with van der Waals surface area (Å²) in [7, 11) is 0. The molecule has 0 aliphatic heterocycles. The lowest BCUT2D eigenvalue weighted by molar-refractivity contribution is 0.669. The van der Waals surface area contributed by atoms with E-state index in [9.17, 15) is 0 Å². The maximum absolute atomic E-state index is 6.28. The molecule has 0 N–H and O–H groups in total. The largest absolute Gasteiger partial charge is 0.456 e. The minimum absolute atomic E-state index is 0.110. The average Bonchev–Trinajstić information content (AvgIpc) is 3.94. The van der Waals surface area contributed by atoms with E-state index < -0.39 is 5.41 Å². The Morgan fingerprint density at radius 2 is 1.15 bits per heavy atom. The van der Waals surface area contributed by atoms with Crippen molar-refractivity contribution in [3.63, 3.8) is 0 Å². The molecule has 4 nitrogen and oxygen atoms in total. The third kappa shape index (κ3) is 5.22. The number of rotatable bonds is 4. The Morgan fingerprint density at radius 1 is 0.541 bits per heavy atom. The number of hydrogen-bond donors (Lipinski definition) is 0. The number of benzene rings is 7. The van der Waals surface area contributed by atoms with Crippen LogP contribution in [0, 0.1) is 5.92 Å². The van der Waals surface area contributed by atoms with Crippen LogP contribution in [0.2, 0.25) is 0 Å². The van der Waals surface area contributed by atoms with Crippen LogP contribution in [-0.2, 0) is 5.41 Å². The Hall–Kier alpha value is -7.69. The molecular weight excluding hydrogens is 743 g/mol. The van der Waals surface area contributed by atoms with E-state index in [0.717, 1.165) is 43.8 Å². The van der Waals surface area contributed by atoms with E-state index in [-0.39, 0.29) is 5.92 Å². The van der Waals surface area contributed by atoms with Crippen molar-refractivity contribution in [1.29, 1.82) is 0 Å². The smallest absolute Gasteiger partial charge is 0.164 e. The second kappa shape index (κ2) is 13.7. The van der Waals surface area contributed by atoms with Crippen LogP contribution >= 0.6 is 0 Å². The van der Waals surface area contributed by atoms with E-state index in [1.165, 1.54) is 55.3 Å². The first-order chi connectivity index (χ1) is 30.1. The Balaban J connectivity index is 1.08. The van der Waals surface area contributed by atoms with Gasteiger partial charge in [-0.25, -0.2) is 15.0 Å². The Kier molecular flexibility index (Phi) is 7.91. The van der Waals surface area contributed by atoms with Gasteiger partial charge in [0, 0.05) is 33.4 Å². The van der Waals surface area contributed by atoms with Crippen LogP contribution in [0.1, 0.15) is 36.1 Å². The molecule has 12 rings (SSSR count). The molecule has 0 amide bonds. The fraction of sp³-hybridized carbons (Fsp3) is 0.0702. The van der Waals surface area contributed by atoms with Gasteiger partial charge in [0.1, 0.15) is 11.2 Å². The molecule has 2 aromatic heterocycles. The third-order valence-electron chi connectivity index (χ3n) is 12.8. The molecular formula is C57H39N3O. The van der Waals surface area contributed by atoms with Crippen molar-refractivity contribution in [2.45, 2.75) is 19.3 Å². The third-order valence-corrected chi connectivity index (χ3v) is 12.8. The standard InChI is InChI=1S/C57H39N3O/c1-3-4-19-43-42-22-10-14-27-49(42)57(47-25-12-8-20-40(47)41-21-9-13-26-48(41)57)53(43)46-34-37-30-31-38(33-39(37)32-35(46)2)55-58-54(36-17-6-5-7-18-36)59-56(60-55)45-24-16-29-51-52(45)44-23-11-15-28-50(44)61-51/h3-35H,1-2H3/b4-3-,43-19-,53-46-. The summed E-state index contributed by atoms with van der Waals surface area (Å²) in [5, 5.41) is 4.37. The molecule has 0 radical (unpaired) electrons. The van der Waals surface area contributed by atoms with Crippen LogP contribution in [0.25, 0.3) is 85.0 Å². The topological polar surface area (TPSA) is 51.8 Å². The highest BCUT2D eigenvalue weighted by atomic mass is 16.3. The first-order valence-electron chi connectivity index (χ1n) is 21.1. The van der Waals surface area contributed by atoms with Gasteiger partial charge in [-0.1, -0.05) is 183 Å². The van der Waals surface area contributed by atoms with Crippen molar-refractivity contribution in [3.05, 3.63) is 226 Å². The average molecular weight is 782 g/mol. The van der Waals surface area contributed by atoms with Gasteiger partial charge in [-0.3, -0.25) is 0 Å². The molecule has 7 aromatic carbocycles. The van der Waals surface area contributed by atoms with Crippen LogP contribution in [0.4, 0.5) is 0 Å². The lowest BCUT2D eigenvalue weighted by Gasteiger charge is -2.34. The molecule has 3 aliphatic carbocycles. The molecule has 0 bridgehead atoms. The molecule has 0 saturated heterocycles. The number of fused-ring (bicyclic) bond motifs is 11. The van der Waals surface area contributed by atoms with E-state index >= 15 is 0 Å². The molecule has 288 valence electrons. The maximum Gasteiger partial charge on any atom is 0.164 e. The Labute approximate surface area is 354 Å². The molecule has 61 heavy (non-hydrogen) atoms. The number of hydrogen-bond acceptors (Lipinski definition) is 4. The second-order valence-corrected chi connectivity index (χ2v) is 16.2. The molecule has 1 spiro atoms. The van der Waals surface area contributed by atoms with Crippen LogP contribution < -0.4 is 10.4 Å². The highest BCUT2D eigenvalue weighted by Gasteiger charge is 2.54. The number of furan rings is 1. The van der Waals surface area contributed by atoms with Crippen molar-refractivity contribution in [1.82, 2.24) is 15.0 Å². The number of allylic oxidation sites excluding steroid dienone is 6. The lowest BCUT2D eigenvalue weighted by Crippen LogP contribution is -2.32. The van der Waals surface area contributed by atoms with Crippen LogP contribution in [0.3, 0.4) is 0 Å². The van der Waals surface area contributed by atoms with Gasteiger partial charge >= 0.3 is 0 Å². The van der Waals surface area contributed by atoms with Gasteiger partial charge in [0.15, 0.2) is 17.5 Å². The van der Waals surface area contributed by atoms with E-state index in [4.69, 9.17) is 19.4 Å². The monoisotopic (exact) mass is 781 g/mol. The van der Waals surface area contributed by atoms with E-state index in [1.807, 2.05) is 48.5 Å². The highest BCUT2D eigenvalue weighted by molar-refractivity contribution is 6.12. The number of para-hydroxylation sites is 1. The van der Waals surface area contributed by atoms with E-state index in [1.54, 1.807) is 0 Å². The molecule has 3 aliphatic rings. The van der Waals surface area contributed by atoms with Crippen molar-refractivity contribution < 1.29 is 4.42 Å². The Bertz CT molecular complexity index is 3470. The quantitative estimate of drug-likeness (QED) is 0.178. The van der Waals surface area contributed by atoms with Crippen molar-refractivity contribution in [2.75, 3.05) is 0 Å². The van der Waals surface area contributed by atoms with Crippen molar-refractivity contribution in [3.8, 4) is 45.3 Å². The molecule has 0 saturated carbocycles. The predicted octanol–water partition coefficient (Wildman–Crippen LogP) is 12.3. The van der Waals surface area contributed by atoms with Gasteiger partial charge in [0.2, 0.25) is 0 Å². The minimum atomic E-state index is -0.457. The molecule has 0 fully saturated rings. The van der Waals surface area contributed by atoms with E-state index in [0.29, 0.717) is 17.5 Å². The summed E-state index contributed by atoms with van der Waals surface area (Å²) in [6, 6.07) is 58.2. The summed E-state index contributed by atoms with van der Waals surface area (Å²) in [6.07, 6.45) is 11.5. The summed E-state index contributed by atoms with van der Waals surface area (Å²) in [4.78, 5) is 15.5. The number of nitrogens with zero attached hydrogens (tertiary/aromatic N) is 3. The van der Waals surface area contributed by atoms with Crippen molar-refractivity contribution in [2.24, 2.45) is 5.92 Å². The lowest BCUT2D eigenvalue weighted by atomic mass is 9.67. The van der Waals surface area contributed by atoms with Gasteiger partial charge < -0.3 is 4.42 Å². The fourth-order valence-corrected chi connectivity index (χ4v) is 10.3. The van der Waals surface area contributed by atoms with Gasteiger partial charge in [0.25, 0.3) is 0 Å². The summed E-state index contributed by atoms with van der Waals surface area (Å²) in [5.41, 5.74) is 15.9. The predicted molar refractivity (Wildman–Crippen MR) is 249 cm³/mol. The van der Waals surface area contributed by atoms with Crippen LogP contribution in [0.15, 0.2) is 198 Å². The summed E-state index contributed by atoms with van der Waals surface area (Å²) >= 11 is 0. The maximum atomic E-state index is 6.28. The summed E-state index contributed by atoms with van der Waals surface area (Å²) in [6.45, 7) is 4.44. The SMILES string of the molecule is C\C=C/C=C1\C(=C2/C=c3ccc(-c4nc(-c5ccccc5)nc(-c5cccc6oc7ccccc7c56)n4)cc3=CC2C)C2(c3ccccc31)c1ccccc1-c1ccccc12. The first-order valence-corrected chi connectivity index (χ1v) is 21.1. The minimum Gasteiger partial charge on any atom is -0.456 e. The zero-order chi connectivity index (χ0) is 40.7. The van der Waals surface area contributed by atoms with Crippen molar-refractivity contribution >= 4 is 39.7 Å². The van der Waals surface area contributed by atoms with Crippen LogP contribution in [0.5, 0.6) is 0 Å². The van der Waals surface area contributed by atoms with Crippen LogP contribution in [-0.4, -0.2) is 15.0 Å². The Morgan fingerprint density at radius 3 is 1.90 bits per heavy atom. The molecule has 4 heteroatoms. The van der Waals surface area contributed by atoms with Gasteiger partial charge in [-0.15, -0.1) is 0 Å². The molecule has 9 aromatic rings. The zero-order valence-corrected chi connectivity index (χ0v) is 33.8. The van der Waals surface area contributed by atoms with Gasteiger partial charge in [-0.05, 0) is 85.7 Å². The molecule has 1 atom stereocenters. The number of aromatic nitrogens is 3. The molecule has 1 unspecified atom stereocenters. The summed E-state index contributed by atoms with van der Waals surface area (Å²) in [5.74, 6) is 1.97. The normalized spacial score (nSPS) is 17.7. The fourth-order valence-electron chi connectivity index (χ4n) is 10.3.